The highest BCUT2D eigenvalue weighted by Gasteiger charge is 2.26. The molecule has 0 aliphatic carbocycles. The number of amides is 2. The number of aliphatic carboxylic acids is 1. The Balaban J connectivity index is 2.62. The number of urea groups is 1. The van der Waals surface area contributed by atoms with Crippen molar-refractivity contribution < 1.29 is 14.7 Å². The molecule has 1 rings (SSSR count). The fourth-order valence-electron chi connectivity index (χ4n) is 1.72. The van der Waals surface area contributed by atoms with E-state index >= 15 is 0 Å². The van der Waals surface area contributed by atoms with Gasteiger partial charge in [0.05, 0.1) is 0 Å². The standard InChI is InChI=1S/C11H18N2O3S/c1-3-4-12(8-10(14)15)11(16)13-5-6-17-9(2)7-13/h3,9H,1,4-8H2,2H3,(H,14,15). The third kappa shape index (κ3) is 4.30. The molecule has 1 aliphatic heterocycles. The monoisotopic (exact) mass is 258 g/mol. The molecule has 1 N–H and O–H groups in total. The molecule has 17 heavy (non-hydrogen) atoms. The zero-order valence-electron chi connectivity index (χ0n) is 9.96. The molecule has 2 amide bonds. The fraction of sp³-hybridized carbons (Fsp3) is 0.636. The maximum absolute atomic E-state index is 12.1. The van der Waals surface area contributed by atoms with Gasteiger partial charge >= 0.3 is 12.0 Å². The summed E-state index contributed by atoms with van der Waals surface area (Å²) in [6.07, 6.45) is 1.54. The Morgan fingerprint density at radius 2 is 2.35 bits per heavy atom. The fourth-order valence-corrected chi connectivity index (χ4v) is 2.74. The smallest absolute Gasteiger partial charge is 0.323 e. The average molecular weight is 258 g/mol. The number of thioether (sulfide) groups is 1. The lowest BCUT2D eigenvalue weighted by Crippen LogP contribution is -2.49. The van der Waals surface area contributed by atoms with Gasteiger partial charge in [-0.1, -0.05) is 13.0 Å². The van der Waals surface area contributed by atoms with Crippen LogP contribution in [0.15, 0.2) is 12.7 Å². The van der Waals surface area contributed by atoms with E-state index in [0.717, 1.165) is 5.75 Å². The molecule has 1 heterocycles. The van der Waals surface area contributed by atoms with Crippen molar-refractivity contribution in [2.24, 2.45) is 0 Å². The predicted molar refractivity (Wildman–Crippen MR) is 68.3 cm³/mol. The number of carbonyl (C=O) groups excluding carboxylic acids is 1. The largest absolute Gasteiger partial charge is 0.480 e. The second kappa shape index (κ2) is 6.54. The first kappa shape index (κ1) is 13.9. The summed E-state index contributed by atoms with van der Waals surface area (Å²) >= 11 is 1.83. The minimum absolute atomic E-state index is 0.209. The molecule has 6 heteroatoms. The first-order chi connectivity index (χ1) is 8.04. The Kier molecular flexibility index (Phi) is 5.34. The molecule has 1 aliphatic rings. The third-order valence-electron chi connectivity index (χ3n) is 2.46. The first-order valence-electron chi connectivity index (χ1n) is 5.52. The van der Waals surface area contributed by atoms with Crippen LogP contribution >= 0.6 is 11.8 Å². The zero-order chi connectivity index (χ0) is 12.8. The topological polar surface area (TPSA) is 60.9 Å². The van der Waals surface area contributed by atoms with Crippen molar-refractivity contribution in [3.8, 4) is 0 Å². The third-order valence-corrected chi connectivity index (χ3v) is 3.59. The van der Waals surface area contributed by atoms with Gasteiger partial charge in [0.1, 0.15) is 6.54 Å². The highest BCUT2D eigenvalue weighted by Crippen LogP contribution is 2.18. The van der Waals surface area contributed by atoms with Crippen LogP contribution in [0.1, 0.15) is 6.92 Å². The highest BCUT2D eigenvalue weighted by atomic mass is 32.2. The van der Waals surface area contributed by atoms with E-state index in [1.807, 2.05) is 11.8 Å². The number of carbonyl (C=O) groups is 2. The Morgan fingerprint density at radius 3 is 2.88 bits per heavy atom. The van der Waals surface area contributed by atoms with Crippen molar-refractivity contribution in [2.75, 3.05) is 31.9 Å². The van der Waals surface area contributed by atoms with Gasteiger partial charge in [-0.3, -0.25) is 4.79 Å². The summed E-state index contributed by atoms with van der Waals surface area (Å²) in [6, 6.07) is -0.209. The van der Waals surface area contributed by atoms with Gasteiger partial charge < -0.3 is 14.9 Å². The van der Waals surface area contributed by atoms with E-state index in [0.29, 0.717) is 18.3 Å². The summed E-state index contributed by atoms with van der Waals surface area (Å²) in [5.74, 6) is -0.0957. The molecule has 0 aromatic rings. The zero-order valence-corrected chi connectivity index (χ0v) is 10.8. The van der Waals surface area contributed by atoms with Gasteiger partial charge in [0.25, 0.3) is 0 Å². The van der Waals surface area contributed by atoms with Crippen molar-refractivity contribution in [1.82, 2.24) is 9.80 Å². The molecule has 0 aromatic carbocycles. The van der Waals surface area contributed by atoms with Crippen molar-refractivity contribution in [3.63, 3.8) is 0 Å². The van der Waals surface area contributed by atoms with Gasteiger partial charge in [0, 0.05) is 30.6 Å². The van der Waals surface area contributed by atoms with Crippen LogP contribution in [-0.2, 0) is 4.79 Å². The van der Waals surface area contributed by atoms with Gasteiger partial charge in [0.2, 0.25) is 0 Å². The van der Waals surface area contributed by atoms with Gasteiger partial charge in [-0.2, -0.15) is 11.8 Å². The number of carboxylic acids is 1. The summed E-state index contributed by atoms with van der Waals surface area (Å²) in [4.78, 5) is 25.8. The average Bonchev–Trinajstić information content (AvgIpc) is 2.27. The van der Waals surface area contributed by atoms with E-state index in [4.69, 9.17) is 5.11 Å². The lowest BCUT2D eigenvalue weighted by Gasteiger charge is -2.34. The molecule has 1 saturated heterocycles. The lowest BCUT2D eigenvalue weighted by atomic mass is 10.4. The van der Waals surface area contributed by atoms with E-state index in [2.05, 4.69) is 13.5 Å². The molecule has 0 aromatic heterocycles. The van der Waals surface area contributed by atoms with Gasteiger partial charge in [-0.15, -0.1) is 6.58 Å². The number of hydrogen-bond donors (Lipinski definition) is 1. The van der Waals surface area contributed by atoms with Crippen LogP contribution in [0.4, 0.5) is 4.79 Å². The minimum atomic E-state index is -1.00. The Hall–Kier alpha value is -1.17. The molecule has 0 spiro atoms. The maximum Gasteiger partial charge on any atom is 0.323 e. The molecule has 0 radical (unpaired) electrons. The van der Waals surface area contributed by atoms with Crippen molar-refractivity contribution in [3.05, 3.63) is 12.7 Å². The SMILES string of the molecule is C=CCN(CC(=O)O)C(=O)N1CCSC(C)C1. The predicted octanol–water partition coefficient (Wildman–Crippen LogP) is 1.12. The van der Waals surface area contributed by atoms with Crippen molar-refractivity contribution in [2.45, 2.75) is 12.2 Å². The maximum atomic E-state index is 12.1. The molecule has 1 atom stereocenters. The van der Waals surface area contributed by atoms with Crippen LogP contribution in [0.25, 0.3) is 0 Å². The number of hydrogen-bond acceptors (Lipinski definition) is 3. The molecular weight excluding hydrogens is 240 g/mol. The van der Waals surface area contributed by atoms with Crippen molar-refractivity contribution in [1.29, 1.82) is 0 Å². The van der Waals surface area contributed by atoms with Gasteiger partial charge in [-0.05, 0) is 0 Å². The normalized spacial score (nSPS) is 19.8. The number of nitrogens with zero attached hydrogens (tertiary/aromatic N) is 2. The van der Waals surface area contributed by atoms with Crippen molar-refractivity contribution >= 4 is 23.8 Å². The molecular formula is C11H18N2O3S. The van der Waals surface area contributed by atoms with Crippen LogP contribution in [0, 0.1) is 0 Å². The Bertz CT molecular complexity index is 309. The highest BCUT2D eigenvalue weighted by molar-refractivity contribution is 7.99. The van der Waals surface area contributed by atoms with E-state index in [1.54, 1.807) is 11.0 Å². The van der Waals surface area contributed by atoms with Gasteiger partial charge in [-0.25, -0.2) is 4.79 Å². The summed E-state index contributed by atoms with van der Waals surface area (Å²) < 4.78 is 0. The summed E-state index contributed by atoms with van der Waals surface area (Å²) in [5.41, 5.74) is 0. The van der Waals surface area contributed by atoms with E-state index in [-0.39, 0.29) is 19.1 Å². The summed E-state index contributed by atoms with van der Waals surface area (Å²) in [7, 11) is 0. The molecule has 1 fully saturated rings. The summed E-state index contributed by atoms with van der Waals surface area (Å²) in [5, 5.41) is 9.16. The molecule has 96 valence electrons. The van der Waals surface area contributed by atoms with E-state index in [9.17, 15) is 9.59 Å². The van der Waals surface area contributed by atoms with Crippen LogP contribution < -0.4 is 0 Å². The Labute approximate surface area is 105 Å². The number of carboxylic acid groups (broad SMARTS) is 1. The molecule has 0 saturated carbocycles. The van der Waals surface area contributed by atoms with Crippen LogP contribution in [0.2, 0.25) is 0 Å². The van der Waals surface area contributed by atoms with E-state index in [1.165, 1.54) is 4.90 Å². The quantitative estimate of drug-likeness (QED) is 0.768. The van der Waals surface area contributed by atoms with Gasteiger partial charge in [0.15, 0.2) is 0 Å². The first-order valence-corrected chi connectivity index (χ1v) is 6.57. The molecule has 1 unspecified atom stereocenters. The summed E-state index contributed by atoms with van der Waals surface area (Å²) in [6.45, 7) is 6.96. The second-order valence-electron chi connectivity index (χ2n) is 3.97. The Morgan fingerprint density at radius 1 is 1.65 bits per heavy atom. The number of rotatable bonds is 4. The van der Waals surface area contributed by atoms with Crippen LogP contribution in [0.3, 0.4) is 0 Å². The molecule has 0 bridgehead atoms. The van der Waals surface area contributed by atoms with Crippen LogP contribution in [0.5, 0.6) is 0 Å². The molecule has 5 nitrogen and oxygen atoms in total. The minimum Gasteiger partial charge on any atom is -0.480 e. The lowest BCUT2D eigenvalue weighted by molar-refractivity contribution is -0.137. The van der Waals surface area contributed by atoms with Crippen LogP contribution in [-0.4, -0.2) is 64.1 Å². The van der Waals surface area contributed by atoms with E-state index < -0.39 is 5.97 Å². The second-order valence-corrected chi connectivity index (χ2v) is 5.52.